The van der Waals surface area contributed by atoms with Crippen molar-refractivity contribution in [1.29, 1.82) is 0 Å². The van der Waals surface area contributed by atoms with Crippen LogP contribution in [0.15, 0.2) is 39.2 Å². The van der Waals surface area contributed by atoms with E-state index >= 15 is 0 Å². The van der Waals surface area contributed by atoms with Crippen LogP contribution in [0, 0.1) is 6.92 Å². The Morgan fingerprint density at radius 1 is 1.26 bits per heavy atom. The van der Waals surface area contributed by atoms with Gasteiger partial charge in [0.2, 0.25) is 5.89 Å². The van der Waals surface area contributed by atoms with Gasteiger partial charge in [0, 0.05) is 20.7 Å². The van der Waals surface area contributed by atoms with Crippen LogP contribution in [0.2, 0.25) is 5.02 Å². The number of nitrogens with two attached hydrogens (primary N) is 1. The lowest BCUT2D eigenvalue weighted by molar-refractivity contribution is 0.617. The molecule has 19 heavy (non-hydrogen) atoms. The highest BCUT2D eigenvalue weighted by Crippen LogP contribution is 2.31. The molecule has 3 aromatic rings. The molecular formula is C14H10BrClN2O. The lowest BCUT2D eigenvalue weighted by atomic mass is 10.2. The molecule has 96 valence electrons. The number of oxazole rings is 1. The summed E-state index contributed by atoms with van der Waals surface area (Å²) in [6, 6.07) is 9.23. The number of rotatable bonds is 1. The second-order valence-corrected chi connectivity index (χ2v) is 5.62. The SMILES string of the molecule is Cc1cc(Cl)cc2nc(-c3ccc(N)c(Br)c3)oc12. The number of hydrogen-bond acceptors (Lipinski definition) is 3. The third-order valence-corrected chi connectivity index (χ3v) is 3.79. The summed E-state index contributed by atoms with van der Waals surface area (Å²) >= 11 is 9.42. The molecule has 2 aromatic carbocycles. The average molecular weight is 338 g/mol. The van der Waals surface area contributed by atoms with E-state index in [1.807, 2.05) is 31.2 Å². The van der Waals surface area contributed by atoms with E-state index in [9.17, 15) is 0 Å². The van der Waals surface area contributed by atoms with Crippen LogP contribution in [0.25, 0.3) is 22.6 Å². The minimum atomic E-state index is 0.557. The summed E-state index contributed by atoms with van der Waals surface area (Å²) in [5.41, 5.74) is 9.80. The Balaban J connectivity index is 2.20. The zero-order valence-corrected chi connectivity index (χ0v) is 12.4. The van der Waals surface area contributed by atoms with Crippen molar-refractivity contribution in [3.05, 3.63) is 45.4 Å². The molecule has 2 N–H and O–H groups in total. The highest BCUT2D eigenvalue weighted by Gasteiger charge is 2.12. The van der Waals surface area contributed by atoms with Crippen LogP contribution in [0.4, 0.5) is 5.69 Å². The topological polar surface area (TPSA) is 52.0 Å². The molecular weight excluding hydrogens is 328 g/mol. The summed E-state index contributed by atoms with van der Waals surface area (Å²) in [7, 11) is 0. The Kier molecular flexibility index (Phi) is 2.99. The van der Waals surface area contributed by atoms with E-state index in [1.165, 1.54) is 0 Å². The van der Waals surface area contributed by atoms with Crippen molar-refractivity contribution in [2.75, 3.05) is 5.73 Å². The molecule has 1 heterocycles. The summed E-state index contributed by atoms with van der Waals surface area (Å²) in [5, 5.41) is 0.656. The zero-order chi connectivity index (χ0) is 13.6. The fourth-order valence-corrected chi connectivity index (χ4v) is 2.59. The highest BCUT2D eigenvalue weighted by molar-refractivity contribution is 9.10. The lowest BCUT2D eigenvalue weighted by Gasteiger charge is -1.99. The van der Waals surface area contributed by atoms with Crippen molar-refractivity contribution in [2.24, 2.45) is 0 Å². The van der Waals surface area contributed by atoms with E-state index < -0.39 is 0 Å². The monoisotopic (exact) mass is 336 g/mol. The molecule has 0 amide bonds. The van der Waals surface area contributed by atoms with Crippen molar-refractivity contribution in [3.63, 3.8) is 0 Å². The molecule has 0 saturated carbocycles. The first-order valence-corrected chi connectivity index (χ1v) is 6.84. The number of benzene rings is 2. The molecule has 0 fully saturated rings. The van der Waals surface area contributed by atoms with Gasteiger partial charge < -0.3 is 10.2 Å². The summed E-state index contributed by atoms with van der Waals surface area (Å²) in [6.07, 6.45) is 0. The second kappa shape index (κ2) is 4.54. The Bertz CT molecular complexity index is 782. The minimum Gasteiger partial charge on any atom is -0.436 e. The van der Waals surface area contributed by atoms with Crippen LogP contribution in [0.5, 0.6) is 0 Å². The summed E-state index contributed by atoms with van der Waals surface area (Å²) < 4.78 is 6.62. The number of halogens is 2. The van der Waals surface area contributed by atoms with Crippen molar-refractivity contribution in [2.45, 2.75) is 6.92 Å². The van der Waals surface area contributed by atoms with Gasteiger partial charge in [0.05, 0.1) is 0 Å². The minimum absolute atomic E-state index is 0.557. The second-order valence-electron chi connectivity index (χ2n) is 4.33. The zero-order valence-electron chi connectivity index (χ0n) is 10.1. The van der Waals surface area contributed by atoms with E-state index in [-0.39, 0.29) is 0 Å². The number of hydrogen-bond donors (Lipinski definition) is 1. The van der Waals surface area contributed by atoms with Gasteiger partial charge in [-0.3, -0.25) is 0 Å². The summed E-state index contributed by atoms with van der Waals surface area (Å²) in [4.78, 5) is 4.46. The Labute approximate surface area is 123 Å². The Morgan fingerprint density at radius 3 is 2.79 bits per heavy atom. The van der Waals surface area contributed by atoms with Gasteiger partial charge in [-0.1, -0.05) is 11.6 Å². The van der Waals surface area contributed by atoms with Gasteiger partial charge in [0.15, 0.2) is 5.58 Å². The molecule has 5 heteroatoms. The molecule has 0 radical (unpaired) electrons. The summed E-state index contributed by atoms with van der Waals surface area (Å²) in [5.74, 6) is 0.557. The Morgan fingerprint density at radius 2 is 2.05 bits per heavy atom. The molecule has 0 aliphatic rings. The Hall–Kier alpha value is -1.52. The van der Waals surface area contributed by atoms with Gasteiger partial charge in [0.1, 0.15) is 5.52 Å². The van der Waals surface area contributed by atoms with E-state index in [0.717, 1.165) is 26.7 Å². The van der Waals surface area contributed by atoms with Crippen LogP contribution in [-0.2, 0) is 0 Å². The number of aromatic nitrogens is 1. The molecule has 3 rings (SSSR count). The molecule has 0 spiro atoms. The molecule has 0 atom stereocenters. The largest absolute Gasteiger partial charge is 0.436 e. The predicted octanol–water partition coefficient (Wildman–Crippen LogP) is 4.80. The first-order valence-electron chi connectivity index (χ1n) is 5.66. The molecule has 1 aromatic heterocycles. The normalized spacial score (nSPS) is 11.1. The van der Waals surface area contributed by atoms with Crippen LogP contribution >= 0.6 is 27.5 Å². The van der Waals surface area contributed by atoms with Crippen molar-refractivity contribution in [1.82, 2.24) is 4.98 Å². The molecule has 0 aliphatic heterocycles. The number of nitrogen functional groups attached to an aromatic ring is 1. The van der Waals surface area contributed by atoms with Crippen molar-refractivity contribution < 1.29 is 4.42 Å². The maximum absolute atomic E-state index is 6.02. The smallest absolute Gasteiger partial charge is 0.227 e. The van der Waals surface area contributed by atoms with Crippen LogP contribution in [0.3, 0.4) is 0 Å². The van der Waals surface area contributed by atoms with Crippen LogP contribution in [0.1, 0.15) is 5.56 Å². The maximum Gasteiger partial charge on any atom is 0.227 e. The van der Waals surface area contributed by atoms with Gasteiger partial charge in [-0.25, -0.2) is 4.98 Å². The van der Waals surface area contributed by atoms with Gasteiger partial charge >= 0.3 is 0 Å². The number of aryl methyl sites for hydroxylation is 1. The molecule has 0 saturated heterocycles. The maximum atomic E-state index is 6.02. The van der Waals surface area contributed by atoms with Crippen LogP contribution in [-0.4, -0.2) is 4.98 Å². The quantitative estimate of drug-likeness (QED) is 0.649. The summed E-state index contributed by atoms with van der Waals surface area (Å²) in [6.45, 7) is 1.95. The van der Waals surface area contributed by atoms with Gasteiger partial charge in [-0.2, -0.15) is 0 Å². The van der Waals surface area contributed by atoms with E-state index in [0.29, 0.717) is 16.6 Å². The molecule has 0 bridgehead atoms. The van der Waals surface area contributed by atoms with Crippen molar-refractivity contribution in [3.8, 4) is 11.5 Å². The number of nitrogens with zero attached hydrogens (tertiary/aromatic N) is 1. The first-order chi connectivity index (χ1) is 9.04. The fraction of sp³-hybridized carbons (Fsp3) is 0.0714. The average Bonchev–Trinajstić information content (AvgIpc) is 2.76. The van der Waals surface area contributed by atoms with Gasteiger partial charge in [0.25, 0.3) is 0 Å². The number of fused-ring (bicyclic) bond motifs is 1. The third-order valence-electron chi connectivity index (χ3n) is 2.89. The van der Waals surface area contributed by atoms with E-state index in [1.54, 1.807) is 6.07 Å². The van der Waals surface area contributed by atoms with Gasteiger partial charge in [-0.15, -0.1) is 0 Å². The van der Waals surface area contributed by atoms with Crippen LogP contribution < -0.4 is 5.73 Å². The van der Waals surface area contributed by atoms with Crippen molar-refractivity contribution >= 4 is 44.3 Å². The lowest BCUT2D eigenvalue weighted by Crippen LogP contribution is -1.86. The molecule has 0 unspecified atom stereocenters. The highest BCUT2D eigenvalue weighted by atomic mass is 79.9. The third kappa shape index (κ3) is 2.22. The predicted molar refractivity (Wildman–Crippen MR) is 81.3 cm³/mol. The first kappa shape index (κ1) is 12.5. The number of anilines is 1. The van der Waals surface area contributed by atoms with Gasteiger partial charge in [-0.05, 0) is 58.7 Å². The van der Waals surface area contributed by atoms with E-state index in [4.69, 9.17) is 21.8 Å². The molecule has 3 nitrogen and oxygen atoms in total. The fourth-order valence-electron chi connectivity index (χ4n) is 1.94. The molecule has 0 aliphatic carbocycles. The van der Waals surface area contributed by atoms with E-state index in [2.05, 4.69) is 20.9 Å². The standard InChI is InChI=1S/C14H10BrClN2O/c1-7-4-9(16)6-12-13(7)19-14(18-12)8-2-3-11(17)10(15)5-8/h2-6H,17H2,1H3.